The number of pyridine rings is 2. The molecule has 0 radical (unpaired) electrons. The van der Waals surface area contributed by atoms with Gasteiger partial charge in [-0.25, -0.2) is 4.98 Å². The van der Waals surface area contributed by atoms with E-state index in [4.69, 9.17) is 4.98 Å². The number of piperidine rings is 1. The molecule has 0 amide bonds. The summed E-state index contributed by atoms with van der Waals surface area (Å²) in [6.07, 6.45) is 13.3. The van der Waals surface area contributed by atoms with Crippen LogP contribution >= 0.6 is 10.5 Å². The Bertz CT molecular complexity index is 1820. The van der Waals surface area contributed by atoms with Crippen LogP contribution in [0.1, 0.15) is 50.1 Å². The summed E-state index contributed by atoms with van der Waals surface area (Å²) >= 11 is 0. The molecule has 8 heteroatoms. The molecular formula is C36H38N6OS. The number of nitrogens with one attached hydrogen (secondary N) is 2. The summed E-state index contributed by atoms with van der Waals surface area (Å²) in [6.45, 7) is 2.24. The lowest BCUT2D eigenvalue weighted by atomic mass is 9.92. The number of rotatable bonds is 8. The molecule has 2 fully saturated rings. The van der Waals surface area contributed by atoms with Crippen LogP contribution in [0.15, 0.2) is 99.9 Å². The van der Waals surface area contributed by atoms with Crippen LogP contribution in [0.4, 0.5) is 11.6 Å². The van der Waals surface area contributed by atoms with Gasteiger partial charge in [0.1, 0.15) is 5.65 Å². The molecule has 4 heterocycles. The predicted octanol–water partition coefficient (Wildman–Crippen LogP) is 7.37. The van der Waals surface area contributed by atoms with E-state index in [9.17, 15) is 4.79 Å². The van der Waals surface area contributed by atoms with Crippen molar-refractivity contribution in [1.82, 2.24) is 24.8 Å². The fraction of sp³-hybridized carbons (Fsp3) is 0.306. The normalized spacial score (nSPS) is 18.0. The van der Waals surface area contributed by atoms with E-state index in [2.05, 4.69) is 62.9 Å². The fourth-order valence-corrected chi connectivity index (χ4v) is 7.80. The monoisotopic (exact) mass is 602 g/mol. The van der Waals surface area contributed by atoms with Crippen LogP contribution in [0.2, 0.25) is 0 Å². The molecule has 44 heavy (non-hydrogen) atoms. The number of aromatic nitrogens is 4. The first kappa shape index (κ1) is 28.6. The summed E-state index contributed by atoms with van der Waals surface area (Å²) in [4.78, 5) is 30.1. The Labute approximate surface area is 260 Å². The first-order chi connectivity index (χ1) is 21.6. The molecule has 1 saturated carbocycles. The lowest BCUT2D eigenvalue weighted by molar-refractivity contribution is 0.376. The van der Waals surface area contributed by atoms with Crippen LogP contribution in [-0.4, -0.2) is 38.5 Å². The topological polar surface area (TPSA) is 84.7 Å². The van der Waals surface area contributed by atoms with Gasteiger partial charge in [-0.05, 0) is 105 Å². The number of hydrogen-bond donors (Lipinski definition) is 2. The Hall–Kier alpha value is -4.14. The average Bonchev–Trinajstić information content (AvgIpc) is 3.61. The highest BCUT2D eigenvalue weighted by Crippen LogP contribution is 2.36. The highest BCUT2D eigenvalue weighted by molar-refractivity contribution is 8.14. The highest BCUT2D eigenvalue weighted by atomic mass is 32.2. The summed E-state index contributed by atoms with van der Waals surface area (Å²) in [6, 6.07) is 22.9. The lowest BCUT2D eigenvalue weighted by Gasteiger charge is -2.22. The number of hydrogen-bond acceptors (Lipinski definition) is 6. The van der Waals surface area contributed by atoms with Crippen LogP contribution in [0.25, 0.3) is 22.2 Å². The van der Waals surface area contributed by atoms with Gasteiger partial charge in [0.25, 0.3) is 5.56 Å². The maximum absolute atomic E-state index is 14.1. The minimum Gasteiger partial charge on any atom is -0.324 e. The molecule has 3 aromatic heterocycles. The summed E-state index contributed by atoms with van der Waals surface area (Å²) in [5.74, 6) is 5.59. The standard InChI is InChI=1S/C36H38N6OS/c1-44(32-16-19-37-20-17-32)31-14-10-27(11-15-31)33-22-28-24-39-36(41-34(28)42(35(33)43)30-6-2-3-7-30)40-29-12-8-25(9-13-29)21-26-5-4-18-38-23-26/h8-17,19-20,22,24,26,30,38H,1-7,18,21,23H2,(H,39,40,41). The molecule has 224 valence electrons. The maximum Gasteiger partial charge on any atom is 0.260 e. The second-order valence-electron chi connectivity index (χ2n) is 12.0. The highest BCUT2D eigenvalue weighted by Gasteiger charge is 2.23. The van der Waals surface area contributed by atoms with E-state index in [1.54, 1.807) is 12.4 Å². The molecule has 2 N–H and O–H groups in total. The van der Waals surface area contributed by atoms with Gasteiger partial charge in [-0.1, -0.05) is 43.0 Å². The molecular weight excluding hydrogens is 565 g/mol. The molecule has 1 aliphatic heterocycles. The average molecular weight is 603 g/mol. The Morgan fingerprint density at radius 1 is 0.932 bits per heavy atom. The van der Waals surface area contributed by atoms with Crippen molar-refractivity contribution in [2.24, 2.45) is 5.92 Å². The van der Waals surface area contributed by atoms with Crippen LogP contribution in [0, 0.1) is 5.92 Å². The fourth-order valence-electron chi connectivity index (χ4n) is 6.61. The predicted molar refractivity (Wildman–Crippen MR) is 181 cm³/mol. The van der Waals surface area contributed by atoms with Crippen LogP contribution in [-0.2, 0) is 6.42 Å². The van der Waals surface area contributed by atoms with Gasteiger partial charge in [-0.3, -0.25) is 14.3 Å². The molecule has 2 aromatic carbocycles. The van der Waals surface area contributed by atoms with E-state index < -0.39 is 0 Å². The van der Waals surface area contributed by atoms with Gasteiger partial charge in [0.05, 0.1) is 0 Å². The van der Waals surface area contributed by atoms with Crippen molar-refractivity contribution in [3.8, 4) is 11.1 Å². The van der Waals surface area contributed by atoms with Crippen molar-refractivity contribution >= 4 is 39.0 Å². The van der Waals surface area contributed by atoms with E-state index in [1.807, 2.05) is 41.1 Å². The van der Waals surface area contributed by atoms with Crippen LogP contribution < -0.4 is 16.2 Å². The van der Waals surface area contributed by atoms with E-state index in [0.717, 1.165) is 71.6 Å². The zero-order valence-corrected chi connectivity index (χ0v) is 25.7. The van der Waals surface area contributed by atoms with Crippen molar-refractivity contribution in [2.75, 3.05) is 18.4 Å². The van der Waals surface area contributed by atoms with Crippen LogP contribution in [0.3, 0.4) is 0 Å². The summed E-state index contributed by atoms with van der Waals surface area (Å²) in [5.41, 5.74) is 4.56. The largest absolute Gasteiger partial charge is 0.324 e. The minimum atomic E-state index is -0.321. The minimum absolute atomic E-state index is 0.00566. The third-order valence-electron chi connectivity index (χ3n) is 8.98. The first-order valence-electron chi connectivity index (χ1n) is 15.7. The van der Waals surface area contributed by atoms with Crippen molar-refractivity contribution in [3.05, 3.63) is 101 Å². The number of nitrogens with zero attached hydrogens (tertiary/aromatic N) is 4. The maximum atomic E-state index is 14.1. The number of anilines is 2. The Morgan fingerprint density at radius 2 is 1.68 bits per heavy atom. The van der Waals surface area contributed by atoms with Gasteiger partial charge in [-0.2, -0.15) is 4.98 Å². The SMILES string of the molecule is C=S(c1ccncc1)c1ccc(-c2cc3cnc(Nc4ccc(CC5CCCNC5)cc4)nc3n(C3CCCC3)c2=O)cc1. The molecule has 2 atom stereocenters. The Morgan fingerprint density at radius 3 is 2.41 bits per heavy atom. The molecule has 2 unspecified atom stereocenters. The molecule has 2 aliphatic rings. The van der Waals surface area contributed by atoms with Crippen molar-refractivity contribution in [1.29, 1.82) is 0 Å². The summed E-state index contributed by atoms with van der Waals surface area (Å²) < 4.78 is 1.93. The molecule has 0 spiro atoms. The molecule has 1 saturated heterocycles. The molecule has 0 bridgehead atoms. The second-order valence-corrected chi connectivity index (χ2v) is 13.7. The summed E-state index contributed by atoms with van der Waals surface area (Å²) in [7, 11) is -0.321. The van der Waals surface area contributed by atoms with Crippen molar-refractivity contribution in [2.45, 2.75) is 60.8 Å². The van der Waals surface area contributed by atoms with E-state index in [-0.39, 0.29) is 22.1 Å². The van der Waals surface area contributed by atoms with Crippen LogP contribution in [0.5, 0.6) is 0 Å². The van der Waals surface area contributed by atoms with Gasteiger partial charge in [0.15, 0.2) is 0 Å². The zero-order valence-electron chi connectivity index (χ0n) is 24.9. The lowest BCUT2D eigenvalue weighted by Crippen LogP contribution is -2.30. The van der Waals surface area contributed by atoms with Crippen molar-refractivity contribution in [3.63, 3.8) is 0 Å². The molecule has 7 nitrogen and oxygen atoms in total. The van der Waals surface area contributed by atoms with Gasteiger partial charge in [-0.15, -0.1) is 10.5 Å². The Balaban J connectivity index is 1.18. The summed E-state index contributed by atoms with van der Waals surface area (Å²) in [5, 5.41) is 7.76. The van der Waals surface area contributed by atoms with Gasteiger partial charge in [0, 0.05) is 51.1 Å². The Kier molecular flexibility index (Phi) is 8.35. The zero-order chi connectivity index (χ0) is 29.9. The second kappa shape index (κ2) is 12.8. The van der Waals surface area contributed by atoms with E-state index >= 15 is 0 Å². The quantitative estimate of drug-likeness (QED) is 0.180. The molecule has 1 aliphatic carbocycles. The van der Waals surface area contributed by atoms with Gasteiger partial charge < -0.3 is 10.6 Å². The number of benzene rings is 2. The van der Waals surface area contributed by atoms with Gasteiger partial charge >= 0.3 is 0 Å². The first-order valence-corrected chi connectivity index (χ1v) is 17.1. The molecule has 5 aromatic rings. The van der Waals surface area contributed by atoms with E-state index in [1.165, 1.54) is 18.4 Å². The third-order valence-corrected chi connectivity index (χ3v) is 10.7. The molecule has 7 rings (SSSR count). The van der Waals surface area contributed by atoms with Crippen molar-refractivity contribution < 1.29 is 0 Å². The van der Waals surface area contributed by atoms with E-state index in [0.29, 0.717) is 23.1 Å². The van der Waals surface area contributed by atoms with Gasteiger partial charge in [0.2, 0.25) is 5.95 Å². The smallest absolute Gasteiger partial charge is 0.260 e. The number of fused-ring (bicyclic) bond motifs is 1. The third kappa shape index (κ3) is 6.10.